The fourth-order valence-electron chi connectivity index (χ4n) is 3.32. The van der Waals surface area contributed by atoms with Gasteiger partial charge in [-0.15, -0.1) is 0 Å². The van der Waals surface area contributed by atoms with Gasteiger partial charge >= 0.3 is 0 Å². The number of carbonyl (C=O) groups excluding carboxylic acids is 1. The standard InChI is InChI=1S/C20H23Cl2N3O/c1-13-9-14(2)20(16(22)10-13)24-19(26)12-23-17-11-15(21)5-6-18(17)25-7-3-4-8-25/h5-6,9-11,23H,3-4,7-8,12H2,1-2H3,(H,24,26). The van der Waals surface area contributed by atoms with Crippen LogP contribution in [-0.2, 0) is 4.79 Å². The van der Waals surface area contributed by atoms with E-state index in [4.69, 9.17) is 23.2 Å². The van der Waals surface area contributed by atoms with Gasteiger partial charge in [0.15, 0.2) is 0 Å². The Morgan fingerprint density at radius 3 is 2.54 bits per heavy atom. The van der Waals surface area contributed by atoms with Crippen molar-refractivity contribution < 1.29 is 4.79 Å². The Morgan fingerprint density at radius 1 is 1.12 bits per heavy atom. The number of halogens is 2. The fraction of sp³-hybridized carbons (Fsp3) is 0.350. The van der Waals surface area contributed by atoms with E-state index in [-0.39, 0.29) is 12.5 Å². The molecule has 1 fully saturated rings. The predicted molar refractivity (Wildman–Crippen MR) is 111 cm³/mol. The molecule has 0 radical (unpaired) electrons. The number of hydrogen-bond acceptors (Lipinski definition) is 3. The maximum atomic E-state index is 12.4. The number of carbonyl (C=O) groups is 1. The van der Waals surface area contributed by atoms with Crippen LogP contribution >= 0.6 is 23.2 Å². The quantitative estimate of drug-likeness (QED) is 0.730. The van der Waals surface area contributed by atoms with Crippen molar-refractivity contribution in [3.05, 3.63) is 51.5 Å². The summed E-state index contributed by atoms with van der Waals surface area (Å²) in [4.78, 5) is 14.7. The smallest absolute Gasteiger partial charge is 0.243 e. The molecule has 1 aliphatic heterocycles. The first-order valence-electron chi connectivity index (χ1n) is 8.79. The molecule has 3 rings (SSSR count). The van der Waals surface area contributed by atoms with Crippen LogP contribution in [0.5, 0.6) is 0 Å². The number of rotatable bonds is 5. The van der Waals surface area contributed by atoms with E-state index in [0.29, 0.717) is 15.7 Å². The third-order valence-corrected chi connectivity index (χ3v) is 5.07. The normalized spacial score (nSPS) is 13.8. The molecule has 0 spiro atoms. The summed E-state index contributed by atoms with van der Waals surface area (Å²) in [6, 6.07) is 9.61. The molecule has 138 valence electrons. The summed E-state index contributed by atoms with van der Waals surface area (Å²) in [5, 5.41) is 7.32. The third-order valence-electron chi connectivity index (χ3n) is 4.54. The Bertz CT molecular complexity index is 794. The molecular formula is C20H23Cl2N3O. The zero-order valence-electron chi connectivity index (χ0n) is 15.0. The van der Waals surface area contributed by atoms with Crippen LogP contribution in [0.1, 0.15) is 24.0 Å². The maximum Gasteiger partial charge on any atom is 0.243 e. The van der Waals surface area contributed by atoms with Crippen molar-refractivity contribution in [2.24, 2.45) is 0 Å². The molecule has 1 aliphatic rings. The molecule has 6 heteroatoms. The molecular weight excluding hydrogens is 369 g/mol. The van der Waals surface area contributed by atoms with Gasteiger partial charge in [0.2, 0.25) is 5.91 Å². The maximum absolute atomic E-state index is 12.4. The topological polar surface area (TPSA) is 44.4 Å². The van der Waals surface area contributed by atoms with Gasteiger partial charge in [0, 0.05) is 18.1 Å². The second kappa shape index (κ2) is 8.19. The Labute approximate surface area is 164 Å². The summed E-state index contributed by atoms with van der Waals surface area (Å²) in [6.45, 7) is 6.11. The monoisotopic (exact) mass is 391 g/mol. The number of anilines is 3. The molecule has 0 saturated carbocycles. The zero-order chi connectivity index (χ0) is 18.7. The van der Waals surface area contributed by atoms with E-state index in [1.54, 1.807) is 0 Å². The van der Waals surface area contributed by atoms with Crippen LogP contribution in [0.4, 0.5) is 17.1 Å². The van der Waals surface area contributed by atoms with Gasteiger partial charge in [-0.1, -0.05) is 29.3 Å². The van der Waals surface area contributed by atoms with Crippen molar-refractivity contribution in [1.29, 1.82) is 0 Å². The average molecular weight is 392 g/mol. The lowest BCUT2D eigenvalue weighted by Gasteiger charge is -2.22. The van der Waals surface area contributed by atoms with Gasteiger partial charge in [-0.3, -0.25) is 4.79 Å². The molecule has 1 amide bonds. The van der Waals surface area contributed by atoms with Crippen molar-refractivity contribution >= 4 is 46.2 Å². The van der Waals surface area contributed by atoms with Crippen molar-refractivity contribution in [2.75, 3.05) is 35.2 Å². The first-order chi connectivity index (χ1) is 12.4. The van der Waals surface area contributed by atoms with Crippen LogP contribution in [0.25, 0.3) is 0 Å². The summed E-state index contributed by atoms with van der Waals surface area (Å²) in [5.41, 5.74) is 4.64. The van der Waals surface area contributed by atoms with Gasteiger partial charge in [-0.05, 0) is 62.1 Å². The highest BCUT2D eigenvalue weighted by molar-refractivity contribution is 6.34. The molecule has 0 aliphatic carbocycles. The largest absolute Gasteiger partial charge is 0.374 e. The van der Waals surface area contributed by atoms with E-state index in [0.717, 1.165) is 35.6 Å². The van der Waals surface area contributed by atoms with Gasteiger partial charge in [0.25, 0.3) is 0 Å². The summed E-state index contributed by atoms with van der Waals surface area (Å²) in [7, 11) is 0. The fourth-order valence-corrected chi connectivity index (χ4v) is 3.86. The lowest BCUT2D eigenvalue weighted by Crippen LogP contribution is -2.24. The summed E-state index contributed by atoms with van der Waals surface area (Å²) < 4.78 is 0. The number of benzene rings is 2. The highest BCUT2D eigenvalue weighted by Crippen LogP contribution is 2.32. The van der Waals surface area contributed by atoms with Gasteiger partial charge in [-0.25, -0.2) is 0 Å². The minimum Gasteiger partial charge on any atom is -0.374 e. The Hall–Kier alpha value is -1.91. The van der Waals surface area contributed by atoms with Crippen LogP contribution in [0.3, 0.4) is 0 Å². The van der Waals surface area contributed by atoms with E-state index in [1.165, 1.54) is 12.8 Å². The predicted octanol–water partition coefficient (Wildman–Crippen LogP) is 5.26. The molecule has 0 bridgehead atoms. The highest BCUT2D eigenvalue weighted by atomic mass is 35.5. The van der Waals surface area contributed by atoms with Crippen molar-refractivity contribution in [3.63, 3.8) is 0 Å². The van der Waals surface area contributed by atoms with Crippen LogP contribution in [0.2, 0.25) is 10.0 Å². The molecule has 1 saturated heterocycles. The van der Waals surface area contributed by atoms with E-state index in [1.807, 2.05) is 44.2 Å². The second-order valence-corrected chi connectivity index (χ2v) is 7.54. The SMILES string of the molecule is Cc1cc(C)c(NC(=O)CNc2cc(Cl)ccc2N2CCCC2)c(Cl)c1. The van der Waals surface area contributed by atoms with Crippen LogP contribution in [0.15, 0.2) is 30.3 Å². The van der Waals surface area contributed by atoms with Gasteiger partial charge in [0.05, 0.1) is 28.6 Å². The minimum absolute atomic E-state index is 0.144. The molecule has 4 nitrogen and oxygen atoms in total. The molecule has 0 aromatic heterocycles. The molecule has 2 aromatic rings. The Balaban J connectivity index is 1.69. The second-order valence-electron chi connectivity index (χ2n) is 6.70. The molecule has 0 unspecified atom stereocenters. The highest BCUT2D eigenvalue weighted by Gasteiger charge is 2.17. The van der Waals surface area contributed by atoms with E-state index >= 15 is 0 Å². The lowest BCUT2D eigenvalue weighted by atomic mass is 10.1. The number of hydrogen-bond donors (Lipinski definition) is 2. The molecule has 26 heavy (non-hydrogen) atoms. The molecule has 2 N–H and O–H groups in total. The van der Waals surface area contributed by atoms with Gasteiger partial charge < -0.3 is 15.5 Å². The first-order valence-corrected chi connectivity index (χ1v) is 9.54. The number of nitrogens with zero attached hydrogens (tertiary/aromatic N) is 1. The van der Waals surface area contributed by atoms with Gasteiger partial charge in [0.1, 0.15) is 0 Å². The number of amides is 1. The van der Waals surface area contributed by atoms with Crippen molar-refractivity contribution in [2.45, 2.75) is 26.7 Å². The first kappa shape index (κ1) is 18.9. The summed E-state index contributed by atoms with van der Waals surface area (Å²) >= 11 is 12.4. The number of nitrogens with one attached hydrogen (secondary N) is 2. The lowest BCUT2D eigenvalue weighted by molar-refractivity contribution is -0.114. The minimum atomic E-state index is -0.147. The molecule has 1 heterocycles. The van der Waals surface area contributed by atoms with Crippen molar-refractivity contribution in [3.8, 4) is 0 Å². The third kappa shape index (κ3) is 4.43. The summed E-state index contributed by atoms with van der Waals surface area (Å²) in [5.74, 6) is -0.147. The molecule has 0 atom stereocenters. The molecule has 2 aromatic carbocycles. The van der Waals surface area contributed by atoms with Crippen LogP contribution < -0.4 is 15.5 Å². The average Bonchev–Trinajstić information content (AvgIpc) is 3.10. The van der Waals surface area contributed by atoms with Crippen molar-refractivity contribution in [1.82, 2.24) is 0 Å². The van der Waals surface area contributed by atoms with Gasteiger partial charge in [-0.2, -0.15) is 0 Å². The van der Waals surface area contributed by atoms with E-state index in [2.05, 4.69) is 15.5 Å². The van der Waals surface area contributed by atoms with Crippen LogP contribution in [-0.4, -0.2) is 25.5 Å². The van der Waals surface area contributed by atoms with Crippen LogP contribution in [0, 0.1) is 13.8 Å². The summed E-state index contributed by atoms with van der Waals surface area (Å²) in [6.07, 6.45) is 2.38. The number of aryl methyl sites for hydroxylation is 2. The Morgan fingerprint density at radius 2 is 1.85 bits per heavy atom. The zero-order valence-corrected chi connectivity index (χ0v) is 16.5. The Kier molecular flexibility index (Phi) is 5.94. The van der Waals surface area contributed by atoms with E-state index in [9.17, 15) is 4.79 Å². The van der Waals surface area contributed by atoms with E-state index < -0.39 is 0 Å².